The molecule has 5 nitrogen and oxygen atoms in total. The highest BCUT2D eigenvalue weighted by molar-refractivity contribution is 5.75. The molecule has 0 bridgehead atoms. The normalized spacial score (nSPS) is 12.7. The molecule has 1 rings (SSSR count). The largest absolute Gasteiger partial charge is 0.361 e. The number of carbonyl (C=O) groups excluding carboxylic acids is 1. The molecule has 1 heterocycles. The summed E-state index contributed by atoms with van der Waals surface area (Å²) in [5, 5.41) is 3.91. The zero-order valence-electron chi connectivity index (χ0n) is 13.1. The van der Waals surface area contributed by atoms with Crippen LogP contribution in [0.15, 0.2) is 10.6 Å². The average Bonchev–Trinajstić information content (AvgIpc) is 2.79. The van der Waals surface area contributed by atoms with Gasteiger partial charge in [-0.05, 0) is 38.1 Å². The molecule has 0 aliphatic carbocycles. The van der Waals surface area contributed by atoms with Gasteiger partial charge in [-0.15, -0.1) is 0 Å². The van der Waals surface area contributed by atoms with Crippen molar-refractivity contribution in [3.05, 3.63) is 17.5 Å². The maximum Gasteiger partial charge on any atom is 0.222 e. The van der Waals surface area contributed by atoms with Gasteiger partial charge >= 0.3 is 0 Å². The van der Waals surface area contributed by atoms with Crippen molar-refractivity contribution >= 4 is 5.91 Å². The highest BCUT2D eigenvalue weighted by Crippen LogP contribution is 2.21. The van der Waals surface area contributed by atoms with Gasteiger partial charge in [0.05, 0.1) is 6.54 Å². The number of amides is 1. The maximum absolute atomic E-state index is 12.1. The Labute approximate surface area is 121 Å². The average molecular weight is 281 g/mol. The van der Waals surface area contributed by atoms with Gasteiger partial charge in [0.25, 0.3) is 0 Å². The summed E-state index contributed by atoms with van der Waals surface area (Å²) in [5.74, 6) is 2.00. The Morgan fingerprint density at radius 1 is 1.45 bits per heavy atom. The van der Waals surface area contributed by atoms with E-state index in [0.717, 1.165) is 24.3 Å². The molecule has 114 valence electrons. The lowest BCUT2D eigenvalue weighted by molar-refractivity contribution is -0.130. The number of rotatable bonds is 8. The van der Waals surface area contributed by atoms with Gasteiger partial charge in [0.15, 0.2) is 0 Å². The Kier molecular flexibility index (Phi) is 6.71. The van der Waals surface area contributed by atoms with Crippen molar-refractivity contribution in [1.82, 2.24) is 10.1 Å². The van der Waals surface area contributed by atoms with Crippen molar-refractivity contribution in [3.8, 4) is 0 Å². The molecule has 0 fully saturated rings. The fourth-order valence-electron chi connectivity index (χ4n) is 2.35. The third-order valence-electron chi connectivity index (χ3n) is 3.71. The number of hydrogen-bond donors (Lipinski definition) is 1. The summed E-state index contributed by atoms with van der Waals surface area (Å²) < 4.78 is 5.00. The Hall–Kier alpha value is -1.36. The van der Waals surface area contributed by atoms with Crippen molar-refractivity contribution < 1.29 is 9.32 Å². The number of nitrogens with zero attached hydrogens (tertiary/aromatic N) is 2. The van der Waals surface area contributed by atoms with E-state index in [1.807, 2.05) is 13.0 Å². The minimum atomic E-state index is 0.147. The topological polar surface area (TPSA) is 72.4 Å². The summed E-state index contributed by atoms with van der Waals surface area (Å²) in [5.41, 5.74) is 6.42. The van der Waals surface area contributed by atoms with Crippen LogP contribution in [0.5, 0.6) is 0 Å². The van der Waals surface area contributed by atoms with E-state index in [4.69, 9.17) is 10.3 Å². The molecular weight excluding hydrogens is 254 g/mol. The summed E-state index contributed by atoms with van der Waals surface area (Å²) >= 11 is 0. The van der Waals surface area contributed by atoms with Gasteiger partial charge < -0.3 is 15.2 Å². The predicted molar refractivity (Wildman–Crippen MR) is 78.9 cm³/mol. The van der Waals surface area contributed by atoms with Crippen LogP contribution in [0, 0.1) is 18.8 Å². The lowest BCUT2D eigenvalue weighted by atomic mass is 9.88. The van der Waals surface area contributed by atoms with Crippen LogP contribution in [0.3, 0.4) is 0 Å². The Balaban J connectivity index is 2.41. The number of aromatic nitrogens is 1. The van der Waals surface area contributed by atoms with Crippen LogP contribution in [0.1, 0.15) is 44.6 Å². The van der Waals surface area contributed by atoms with Crippen molar-refractivity contribution in [2.24, 2.45) is 17.6 Å². The molecule has 5 heteroatoms. The van der Waals surface area contributed by atoms with Crippen molar-refractivity contribution in [2.45, 2.75) is 46.6 Å². The van der Waals surface area contributed by atoms with Crippen LogP contribution in [-0.4, -0.2) is 29.6 Å². The summed E-state index contributed by atoms with van der Waals surface area (Å²) in [6, 6.07) is 1.86. The number of aryl methyl sites for hydroxylation is 1. The monoisotopic (exact) mass is 281 g/mol. The second-order valence-corrected chi connectivity index (χ2v) is 5.80. The first-order valence-corrected chi connectivity index (χ1v) is 7.30. The van der Waals surface area contributed by atoms with Crippen LogP contribution < -0.4 is 5.73 Å². The van der Waals surface area contributed by atoms with Gasteiger partial charge in [-0.3, -0.25) is 4.79 Å². The van der Waals surface area contributed by atoms with E-state index in [0.29, 0.717) is 31.3 Å². The summed E-state index contributed by atoms with van der Waals surface area (Å²) in [7, 11) is 1.81. The van der Waals surface area contributed by atoms with Gasteiger partial charge in [-0.2, -0.15) is 0 Å². The zero-order valence-corrected chi connectivity index (χ0v) is 13.1. The van der Waals surface area contributed by atoms with Crippen LogP contribution in [0.25, 0.3) is 0 Å². The zero-order chi connectivity index (χ0) is 15.1. The smallest absolute Gasteiger partial charge is 0.222 e. The van der Waals surface area contributed by atoms with Gasteiger partial charge in [-0.25, -0.2) is 0 Å². The lowest BCUT2D eigenvalue weighted by Gasteiger charge is -2.21. The Bertz CT molecular complexity index is 415. The Morgan fingerprint density at radius 2 is 2.15 bits per heavy atom. The minimum Gasteiger partial charge on any atom is -0.361 e. The van der Waals surface area contributed by atoms with E-state index in [1.165, 1.54) is 0 Å². The first-order valence-electron chi connectivity index (χ1n) is 7.30. The van der Waals surface area contributed by atoms with E-state index in [1.54, 1.807) is 11.9 Å². The highest BCUT2D eigenvalue weighted by Gasteiger charge is 2.17. The van der Waals surface area contributed by atoms with E-state index < -0.39 is 0 Å². The molecule has 0 spiro atoms. The predicted octanol–water partition coefficient (Wildman–Crippen LogP) is 2.34. The summed E-state index contributed by atoms with van der Waals surface area (Å²) in [6.45, 7) is 7.41. The quantitative estimate of drug-likeness (QED) is 0.794. The molecule has 0 aliphatic heterocycles. The van der Waals surface area contributed by atoms with E-state index >= 15 is 0 Å². The lowest BCUT2D eigenvalue weighted by Crippen LogP contribution is -2.27. The molecule has 1 aromatic rings. The minimum absolute atomic E-state index is 0.147. The fraction of sp³-hybridized carbons (Fsp3) is 0.733. The molecule has 0 aromatic carbocycles. The van der Waals surface area contributed by atoms with Gasteiger partial charge in [0.1, 0.15) is 11.5 Å². The second-order valence-electron chi connectivity index (χ2n) is 5.80. The van der Waals surface area contributed by atoms with Gasteiger partial charge in [0.2, 0.25) is 5.91 Å². The van der Waals surface area contributed by atoms with Crippen molar-refractivity contribution in [3.63, 3.8) is 0 Å². The number of carbonyl (C=O) groups is 1. The molecule has 2 N–H and O–H groups in total. The number of hydrogen-bond acceptors (Lipinski definition) is 4. The molecule has 1 aromatic heterocycles. The molecule has 1 amide bonds. The van der Waals surface area contributed by atoms with E-state index in [9.17, 15) is 4.79 Å². The summed E-state index contributed by atoms with van der Waals surface area (Å²) in [6.07, 6.45) is 2.45. The second kappa shape index (κ2) is 8.04. The molecule has 0 radical (unpaired) electrons. The maximum atomic E-state index is 12.1. The van der Waals surface area contributed by atoms with Crippen LogP contribution in [-0.2, 0) is 11.3 Å². The molecule has 0 saturated heterocycles. The Morgan fingerprint density at radius 3 is 2.65 bits per heavy atom. The third kappa shape index (κ3) is 5.33. The van der Waals surface area contributed by atoms with E-state index in [2.05, 4.69) is 19.0 Å². The first-order chi connectivity index (χ1) is 9.43. The molecule has 0 saturated carbocycles. The molecular formula is C15H27N3O2. The molecule has 1 unspecified atom stereocenters. The highest BCUT2D eigenvalue weighted by atomic mass is 16.5. The third-order valence-corrected chi connectivity index (χ3v) is 3.71. The van der Waals surface area contributed by atoms with Gasteiger partial charge in [-0.1, -0.05) is 19.0 Å². The van der Waals surface area contributed by atoms with Crippen LogP contribution in [0.4, 0.5) is 0 Å². The SMILES string of the molecule is Cc1cc(CN(C)C(=O)CCC(CCN)C(C)C)no1. The van der Waals surface area contributed by atoms with Gasteiger partial charge in [0, 0.05) is 19.5 Å². The molecule has 0 aliphatic rings. The van der Waals surface area contributed by atoms with Crippen LogP contribution in [0.2, 0.25) is 0 Å². The number of nitrogens with two attached hydrogens (primary N) is 1. The molecule has 20 heavy (non-hydrogen) atoms. The van der Waals surface area contributed by atoms with Crippen molar-refractivity contribution in [1.29, 1.82) is 0 Å². The molecule has 1 atom stereocenters. The fourth-order valence-corrected chi connectivity index (χ4v) is 2.35. The summed E-state index contributed by atoms with van der Waals surface area (Å²) in [4.78, 5) is 13.8. The van der Waals surface area contributed by atoms with E-state index in [-0.39, 0.29) is 5.91 Å². The van der Waals surface area contributed by atoms with Crippen molar-refractivity contribution in [2.75, 3.05) is 13.6 Å². The standard InChI is InChI=1S/C15H27N3O2/c1-11(2)13(7-8-16)5-6-15(19)18(4)10-14-9-12(3)20-17-14/h9,11,13H,5-8,10,16H2,1-4H3. The van der Waals surface area contributed by atoms with Crippen LogP contribution >= 0.6 is 0 Å². The first kappa shape index (κ1) is 16.7.